The second-order valence-electron chi connectivity index (χ2n) is 5.11. The molecule has 4 nitrogen and oxygen atoms in total. The average molecular weight is 231 g/mol. The zero-order chi connectivity index (χ0) is 11.8. The Kier molecular flexibility index (Phi) is 2.50. The molecule has 17 heavy (non-hydrogen) atoms. The number of hydrogen-bond acceptors (Lipinski definition) is 2. The number of nitrogens with zero attached hydrogens (tertiary/aromatic N) is 2. The predicted octanol–water partition coefficient (Wildman–Crippen LogP) is 2.48. The Hall–Kier alpha value is -1.58. The van der Waals surface area contributed by atoms with Crippen molar-refractivity contribution in [2.45, 2.75) is 38.6 Å². The molecule has 1 aliphatic carbocycles. The van der Waals surface area contributed by atoms with Crippen molar-refractivity contribution in [3.05, 3.63) is 28.9 Å². The molecule has 1 N–H and O–H groups in total. The van der Waals surface area contributed by atoms with Crippen molar-refractivity contribution < 1.29 is 0 Å². The molecule has 1 fully saturated rings. The molecule has 0 radical (unpaired) electrons. The van der Waals surface area contributed by atoms with Gasteiger partial charge in [0.25, 0.3) is 0 Å². The van der Waals surface area contributed by atoms with E-state index in [1.54, 1.807) is 12.4 Å². The monoisotopic (exact) mass is 231 g/mol. The van der Waals surface area contributed by atoms with E-state index >= 15 is 0 Å². The van der Waals surface area contributed by atoms with E-state index in [9.17, 15) is 4.79 Å². The maximum atomic E-state index is 12.0. The Morgan fingerprint density at radius 3 is 2.88 bits per heavy atom. The number of rotatable bonds is 1. The molecule has 1 aliphatic rings. The van der Waals surface area contributed by atoms with Crippen molar-refractivity contribution in [1.29, 1.82) is 0 Å². The smallest absolute Gasteiger partial charge is 0.304 e. The molecule has 0 aromatic carbocycles. The minimum absolute atomic E-state index is 0.00699. The molecular formula is C13H17N3O. The van der Waals surface area contributed by atoms with Crippen LogP contribution < -0.4 is 5.69 Å². The van der Waals surface area contributed by atoms with Crippen LogP contribution in [0, 0.1) is 5.92 Å². The average Bonchev–Trinajstić information content (AvgIpc) is 2.66. The van der Waals surface area contributed by atoms with Crippen LogP contribution in [-0.4, -0.2) is 14.5 Å². The van der Waals surface area contributed by atoms with E-state index in [4.69, 9.17) is 0 Å². The van der Waals surface area contributed by atoms with Crippen molar-refractivity contribution >= 4 is 11.0 Å². The Balaban J connectivity index is 2.05. The Bertz CT molecular complexity index is 576. The van der Waals surface area contributed by atoms with Gasteiger partial charge in [-0.05, 0) is 37.7 Å². The van der Waals surface area contributed by atoms with E-state index in [2.05, 4.69) is 16.9 Å². The molecule has 4 heteroatoms. The van der Waals surface area contributed by atoms with Gasteiger partial charge in [0, 0.05) is 12.2 Å². The molecular weight excluding hydrogens is 214 g/mol. The highest BCUT2D eigenvalue weighted by Crippen LogP contribution is 2.32. The third-order valence-electron chi connectivity index (χ3n) is 3.87. The number of hydrogen-bond donors (Lipinski definition) is 1. The van der Waals surface area contributed by atoms with Gasteiger partial charge in [0.15, 0.2) is 0 Å². The van der Waals surface area contributed by atoms with Crippen molar-refractivity contribution in [1.82, 2.24) is 14.5 Å². The number of aromatic amines is 1. The summed E-state index contributed by atoms with van der Waals surface area (Å²) in [5.41, 5.74) is 1.84. The standard InChI is InChI=1S/C13H17N3O/c1-9-2-4-10(5-3-9)16-12-6-7-14-8-11(12)15-13(16)17/h6-10H,2-5H2,1H3,(H,15,17). The largest absolute Gasteiger partial charge is 0.326 e. The fourth-order valence-electron chi connectivity index (χ4n) is 2.84. The van der Waals surface area contributed by atoms with Gasteiger partial charge in [-0.25, -0.2) is 4.79 Å². The molecule has 90 valence electrons. The van der Waals surface area contributed by atoms with E-state index < -0.39 is 0 Å². The summed E-state index contributed by atoms with van der Waals surface area (Å²) in [4.78, 5) is 18.9. The second-order valence-corrected chi connectivity index (χ2v) is 5.11. The number of H-pyrrole nitrogens is 1. The maximum Gasteiger partial charge on any atom is 0.326 e. The zero-order valence-electron chi connectivity index (χ0n) is 10.0. The summed E-state index contributed by atoms with van der Waals surface area (Å²) in [5.74, 6) is 0.800. The van der Waals surface area contributed by atoms with Gasteiger partial charge in [0.2, 0.25) is 0 Å². The fourth-order valence-corrected chi connectivity index (χ4v) is 2.84. The van der Waals surface area contributed by atoms with Crippen molar-refractivity contribution in [2.75, 3.05) is 0 Å². The molecule has 0 aliphatic heterocycles. The summed E-state index contributed by atoms with van der Waals surface area (Å²) in [5, 5.41) is 0. The third kappa shape index (κ3) is 1.77. The molecule has 0 saturated heterocycles. The SMILES string of the molecule is CC1CCC(n2c(=O)[nH]c3cnccc32)CC1. The van der Waals surface area contributed by atoms with Crippen molar-refractivity contribution in [3.8, 4) is 0 Å². The molecule has 2 aromatic heterocycles. The first kappa shape index (κ1) is 10.6. The number of aromatic nitrogens is 3. The van der Waals surface area contributed by atoms with Crippen LogP contribution in [0.4, 0.5) is 0 Å². The highest BCUT2D eigenvalue weighted by atomic mass is 16.1. The van der Waals surface area contributed by atoms with Crippen LogP contribution in [0.1, 0.15) is 38.6 Å². The minimum atomic E-state index is 0.00699. The van der Waals surface area contributed by atoms with Gasteiger partial charge in [0.05, 0.1) is 17.2 Å². The molecule has 0 atom stereocenters. The summed E-state index contributed by atoms with van der Waals surface area (Å²) in [6.45, 7) is 2.29. The molecule has 1 saturated carbocycles. The zero-order valence-corrected chi connectivity index (χ0v) is 10.0. The lowest BCUT2D eigenvalue weighted by Gasteiger charge is -2.27. The van der Waals surface area contributed by atoms with Crippen molar-refractivity contribution in [3.63, 3.8) is 0 Å². The van der Waals surface area contributed by atoms with Gasteiger partial charge in [-0.15, -0.1) is 0 Å². The van der Waals surface area contributed by atoms with Gasteiger partial charge in [-0.3, -0.25) is 9.55 Å². The van der Waals surface area contributed by atoms with Gasteiger partial charge in [0.1, 0.15) is 0 Å². The molecule has 3 rings (SSSR count). The lowest BCUT2D eigenvalue weighted by atomic mass is 9.87. The third-order valence-corrected chi connectivity index (χ3v) is 3.87. The molecule has 0 bridgehead atoms. The lowest BCUT2D eigenvalue weighted by Crippen LogP contribution is -2.25. The van der Waals surface area contributed by atoms with E-state index in [1.165, 1.54) is 12.8 Å². The molecule has 0 spiro atoms. The van der Waals surface area contributed by atoms with Gasteiger partial charge < -0.3 is 4.98 Å². The lowest BCUT2D eigenvalue weighted by molar-refractivity contribution is 0.290. The first-order valence-corrected chi connectivity index (χ1v) is 6.30. The molecule has 0 amide bonds. The minimum Gasteiger partial charge on any atom is -0.304 e. The van der Waals surface area contributed by atoms with Crippen LogP contribution in [0.3, 0.4) is 0 Å². The molecule has 2 aromatic rings. The van der Waals surface area contributed by atoms with Gasteiger partial charge in [-0.1, -0.05) is 6.92 Å². The number of pyridine rings is 1. The van der Waals surface area contributed by atoms with E-state index in [1.807, 2.05) is 10.6 Å². The van der Waals surface area contributed by atoms with E-state index in [0.29, 0.717) is 6.04 Å². The van der Waals surface area contributed by atoms with Crippen LogP contribution in [-0.2, 0) is 0 Å². The summed E-state index contributed by atoms with van der Waals surface area (Å²) < 4.78 is 1.92. The van der Waals surface area contributed by atoms with Crippen LogP contribution in [0.15, 0.2) is 23.3 Å². The predicted molar refractivity (Wildman–Crippen MR) is 67.0 cm³/mol. The summed E-state index contributed by atoms with van der Waals surface area (Å²) in [7, 11) is 0. The van der Waals surface area contributed by atoms with E-state index in [-0.39, 0.29) is 5.69 Å². The summed E-state index contributed by atoms with van der Waals surface area (Å²) >= 11 is 0. The van der Waals surface area contributed by atoms with Crippen LogP contribution >= 0.6 is 0 Å². The Morgan fingerprint density at radius 2 is 2.12 bits per heavy atom. The summed E-state index contributed by atoms with van der Waals surface area (Å²) in [6.07, 6.45) is 8.12. The quantitative estimate of drug-likeness (QED) is 0.819. The normalized spacial score (nSPS) is 25.2. The highest BCUT2D eigenvalue weighted by Gasteiger charge is 2.22. The second kappa shape index (κ2) is 4.02. The Morgan fingerprint density at radius 1 is 1.35 bits per heavy atom. The maximum absolute atomic E-state index is 12.0. The first-order chi connectivity index (χ1) is 8.25. The van der Waals surface area contributed by atoms with Crippen LogP contribution in [0.2, 0.25) is 0 Å². The van der Waals surface area contributed by atoms with Crippen LogP contribution in [0.5, 0.6) is 0 Å². The number of nitrogens with one attached hydrogen (secondary N) is 1. The summed E-state index contributed by atoms with van der Waals surface area (Å²) in [6, 6.07) is 2.28. The van der Waals surface area contributed by atoms with Gasteiger partial charge >= 0.3 is 5.69 Å². The number of fused-ring (bicyclic) bond motifs is 1. The van der Waals surface area contributed by atoms with Crippen LogP contribution in [0.25, 0.3) is 11.0 Å². The van der Waals surface area contributed by atoms with E-state index in [0.717, 1.165) is 29.8 Å². The molecule has 2 heterocycles. The topological polar surface area (TPSA) is 50.7 Å². The number of imidazole rings is 1. The first-order valence-electron chi connectivity index (χ1n) is 6.30. The molecule has 0 unspecified atom stereocenters. The van der Waals surface area contributed by atoms with Gasteiger partial charge in [-0.2, -0.15) is 0 Å². The highest BCUT2D eigenvalue weighted by molar-refractivity contribution is 5.73. The fraction of sp³-hybridized carbons (Fsp3) is 0.538. The Labute approximate surface area is 99.7 Å². The van der Waals surface area contributed by atoms with Crippen molar-refractivity contribution in [2.24, 2.45) is 5.92 Å².